The molecular weight excluding hydrogens is 408 g/mol. The van der Waals surface area contributed by atoms with E-state index in [1.165, 1.54) is 13.8 Å². The molecule has 0 spiro atoms. The van der Waals surface area contributed by atoms with E-state index in [2.05, 4.69) is 10.6 Å². The van der Waals surface area contributed by atoms with Crippen LogP contribution in [0.25, 0.3) is 0 Å². The average molecular weight is 426 g/mol. The van der Waals surface area contributed by atoms with Crippen LogP contribution in [0.5, 0.6) is 0 Å². The lowest BCUT2D eigenvalue weighted by Crippen LogP contribution is -2.28. The molecule has 0 aliphatic carbocycles. The van der Waals surface area contributed by atoms with Gasteiger partial charge in [0.2, 0.25) is 0 Å². The van der Waals surface area contributed by atoms with Gasteiger partial charge in [-0.25, -0.2) is 8.78 Å². The summed E-state index contributed by atoms with van der Waals surface area (Å²) in [6, 6.07) is 3.48. The van der Waals surface area contributed by atoms with E-state index in [0.29, 0.717) is 0 Å². The monoisotopic (exact) mass is 426 g/mol. The van der Waals surface area contributed by atoms with Crippen molar-refractivity contribution in [1.82, 2.24) is 0 Å². The lowest BCUT2D eigenvalue weighted by atomic mass is 10.1. The third-order valence-corrected chi connectivity index (χ3v) is 4.13. The summed E-state index contributed by atoms with van der Waals surface area (Å²) in [7, 11) is 0. The number of halogens is 8. The van der Waals surface area contributed by atoms with E-state index in [-0.39, 0.29) is 6.42 Å². The van der Waals surface area contributed by atoms with Gasteiger partial charge in [0.15, 0.2) is 0 Å². The fourth-order valence-electron chi connectivity index (χ4n) is 2.96. The first kappa shape index (κ1) is 22.8. The van der Waals surface area contributed by atoms with Crippen LogP contribution in [0.4, 0.5) is 46.5 Å². The lowest BCUT2D eigenvalue weighted by molar-refractivity contribution is -0.137. The van der Waals surface area contributed by atoms with Crippen LogP contribution < -0.4 is 10.6 Å². The summed E-state index contributed by atoms with van der Waals surface area (Å²) in [4.78, 5) is 0. The minimum absolute atomic E-state index is 0.0166. The maximum absolute atomic E-state index is 13.9. The van der Waals surface area contributed by atoms with E-state index in [0.717, 1.165) is 36.4 Å². The van der Waals surface area contributed by atoms with Gasteiger partial charge in [-0.3, -0.25) is 0 Å². The Bertz CT molecular complexity index is 776. The number of rotatable bonds is 6. The molecule has 0 radical (unpaired) electrons. The summed E-state index contributed by atoms with van der Waals surface area (Å²) >= 11 is 0. The Labute approximate surface area is 161 Å². The molecule has 0 aliphatic rings. The third kappa shape index (κ3) is 5.74. The summed E-state index contributed by atoms with van der Waals surface area (Å²) < 4.78 is 106. The van der Waals surface area contributed by atoms with Crippen molar-refractivity contribution < 1.29 is 35.1 Å². The molecular formula is C19H18F8N2. The molecule has 10 heteroatoms. The number of anilines is 2. The van der Waals surface area contributed by atoms with Gasteiger partial charge in [0.1, 0.15) is 11.6 Å². The molecule has 0 heterocycles. The average Bonchev–Trinajstić information content (AvgIpc) is 2.56. The molecule has 2 unspecified atom stereocenters. The van der Waals surface area contributed by atoms with Gasteiger partial charge in [0.25, 0.3) is 0 Å². The Morgan fingerprint density at radius 2 is 1.03 bits per heavy atom. The minimum atomic E-state index is -4.79. The largest absolute Gasteiger partial charge is 0.418 e. The van der Waals surface area contributed by atoms with Gasteiger partial charge >= 0.3 is 12.4 Å². The summed E-state index contributed by atoms with van der Waals surface area (Å²) in [5.74, 6) is -2.22. The van der Waals surface area contributed by atoms with E-state index in [1.807, 2.05) is 0 Å². The Morgan fingerprint density at radius 1 is 0.690 bits per heavy atom. The molecule has 29 heavy (non-hydrogen) atoms. The van der Waals surface area contributed by atoms with Crippen LogP contribution in [-0.2, 0) is 12.4 Å². The van der Waals surface area contributed by atoms with Crippen LogP contribution in [0.3, 0.4) is 0 Å². The van der Waals surface area contributed by atoms with Crippen LogP contribution in [0, 0.1) is 11.6 Å². The number of nitrogens with one attached hydrogen (secondary N) is 2. The molecule has 0 aromatic heterocycles. The number of hydrogen-bond acceptors (Lipinski definition) is 2. The maximum Gasteiger partial charge on any atom is 0.418 e. The predicted octanol–water partition coefficient (Wildman–Crippen LogP) is 6.69. The first-order valence-corrected chi connectivity index (χ1v) is 8.55. The Kier molecular flexibility index (Phi) is 6.64. The lowest BCUT2D eigenvalue weighted by Gasteiger charge is -2.25. The minimum Gasteiger partial charge on any atom is -0.380 e. The van der Waals surface area contributed by atoms with Crippen molar-refractivity contribution in [2.75, 3.05) is 10.6 Å². The number of alkyl halides is 6. The topological polar surface area (TPSA) is 24.1 Å². The Morgan fingerprint density at radius 3 is 1.34 bits per heavy atom. The second-order valence-electron chi connectivity index (χ2n) is 6.65. The van der Waals surface area contributed by atoms with E-state index in [1.54, 1.807) is 0 Å². The van der Waals surface area contributed by atoms with Crippen molar-refractivity contribution in [3.8, 4) is 0 Å². The van der Waals surface area contributed by atoms with Crippen LogP contribution in [-0.4, -0.2) is 12.1 Å². The molecule has 0 saturated heterocycles. The standard InChI is InChI=1S/C19H18F8N2/c1-10(28-16-12(18(22,23)24)5-3-7-14(16)20)9-11(2)29-17-13(19(25,26)27)6-4-8-15(17)21/h3-8,10-11,28-29H,9H2,1-2H3. The third-order valence-electron chi connectivity index (χ3n) is 4.13. The van der Waals surface area contributed by atoms with Gasteiger partial charge in [0, 0.05) is 12.1 Å². The van der Waals surface area contributed by atoms with E-state index >= 15 is 0 Å². The highest BCUT2D eigenvalue weighted by molar-refractivity contribution is 5.56. The fourth-order valence-corrected chi connectivity index (χ4v) is 2.96. The Balaban J connectivity index is 2.16. The molecule has 2 aromatic carbocycles. The van der Waals surface area contributed by atoms with E-state index in [9.17, 15) is 35.1 Å². The maximum atomic E-state index is 13.9. The van der Waals surface area contributed by atoms with Gasteiger partial charge in [0.05, 0.1) is 22.5 Å². The SMILES string of the molecule is CC(CC(C)Nc1c(F)cccc1C(F)(F)F)Nc1c(F)cccc1C(F)(F)F. The van der Waals surface area contributed by atoms with Crippen molar-refractivity contribution in [2.24, 2.45) is 0 Å². The van der Waals surface area contributed by atoms with Crippen LogP contribution in [0.15, 0.2) is 36.4 Å². The van der Waals surface area contributed by atoms with Crippen molar-refractivity contribution >= 4 is 11.4 Å². The highest BCUT2D eigenvalue weighted by atomic mass is 19.4. The highest BCUT2D eigenvalue weighted by Gasteiger charge is 2.36. The van der Waals surface area contributed by atoms with Crippen LogP contribution >= 0.6 is 0 Å². The van der Waals surface area contributed by atoms with Crippen molar-refractivity contribution in [3.05, 3.63) is 59.2 Å². The zero-order valence-electron chi connectivity index (χ0n) is 15.3. The molecule has 2 aromatic rings. The Hall–Kier alpha value is -2.52. The molecule has 2 atom stereocenters. The summed E-state index contributed by atoms with van der Waals surface area (Å²) in [5, 5.41) is 4.82. The van der Waals surface area contributed by atoms with Gasteiger partial charge in [-0.05, 0) is 44.5 Å². The van der Waals surface area contributed by atoms with Gasteiger partial charge < -0.3 is 10.6 Å². The number of hydrogen-bond donors (Lipinski definition) is 2. The molecule has 2 rings (SSSR count). The van der Waals surface area contributed by atoms with Gasteiger partial charge in [-0.15, -0.1) is 0 Å². The van der Waals surface area contributed by atoms with Gasteiger partial charge in [-0.2, -0.15) is 26.3 Å². The molecule has 0 fully saturated rings. The van der Waals surface area contributed by atoms with E-state index < -0.39 is 58.6 Å². The molecule has 2 N–H and O–H groups in total. The van der Waals surface area contributed by atoms with Crippen molar-refractivity contribution in [1.29, 1.82) is 0 Å². The first-order chi connectivity index (χ1) is 13.3. The molecule has 0 saturated carbocycles. The smallest absolute Gasteiger partial charge is 0.380 e. The van der Waals surface area contributed by atoms with Crippen molar-refractivity contribution in [3.63, 3.8) is 0 Å². The summed E-state index contributed by atoms with van der Waals surface area (Å²) in [6.45, 7) is 2.88. The molecule has 0 amide bonds. The summed E-state index contributed by atoms with van der Waals surface area (Å²) in [6.07, 6.45) is -9.59. The van der Waals surface area contributed by atoms with Gasteiger partial charge in [-0.1, -0.05) is 12.1 Å². The zero-order chi connectivity index (χ0) is 22.0. The van der Waals surface area contributed by atoms with E-state index in [4.69, 9.17) is 0 Å². The molecule has 0 aliphatic heterocycles. The van der Waals surface area contributed by atoms with Crippen LogP contribution in [0.1, 0.15) is 31.4 Å². The summed E-state index contributed by atoms with van der Waals surface area (Å²) in [5.41, 5.74) is -3.89. The second kappa shape index (κ2) is 8.46. The van der Waals surface area contributed by atoms with Crippen molar-refractivity contribution in [2.45, 2.75) is 44.7 Å². The normalized spacial score (nSPS) is 14.4. The predicted molar refractivity (Wildman–Crippen MR) is 93.6 cm³/mol. The molecule has 2 nitrogen and oxygen atoms in total. The fraction of sp³-hybridized carbons (Fsp3) is 0.368. The highest BCUT2D eigenvalue weighted by Crippen LogP contribution is 2.38. The molecule has 160 valence electrons. The number of benzene rings is 2. The first-order valence-electron chi connectivity index (χ1n) is 8.55. The quantitative estimate of drug-likeness (QED) is 0.503. The molecule has 0 bridgehead atoms. The number of para-hydroxylation sites is 2. The van der Waals surface area contributed by atoms with Crippen LogP contribution in [0.2, 0.25) is 0 Å². The second-order valence-corrected chi connectivity index (χ2v) is 6.65. The zero-order valence-corrected chi connectivity index (χ0v) is 15.3.